The predicted molar refractivity (Wildman–Crippen MR) is 93.4 cm³/mol. The van der Waals surface area contributed by atoms with Gasteiger partial charge in [0, 0.05) is 0 Å². The van der Waals surface area contributed by atoms with Crippen molar-refractivity contribution in [1.82, 2.24) is 5.32 Å². The standard InChI is InChI=1S/C11H10O.C9H13NO/c12-8-10-6-3-5-9-4-1-2-7-11(9)10;1-4-10-5-2-8(1)9-3-6-11-7-9/h1-7,12H,8H2;3,6-8,10H,1-2,4-5H2. The third kappa shape index (κ3) is 4.01. The van der Waals surface area contributed by atoms with Crippen LogP contribution in [0.1, 0.15) is 29.9 Å². The van der Waals surface area contributed by atoms with Gasteiger partial charge in [-0.05, 0) is 59.8 Å². The van der Waals surface area contributed by atoms with E-state index >= 15 is 0 Å². The van der Waals surface area contributed by atoms with Crippen LogP contribution in [0.2, 0.25) is 0 Å². The monoisotopic (exact) mass is 309 g/mol. The minimum atomic E-state index is 0.112. The summed E-state index contributed by atoms with van der Waals surface area (Å²) in [5.74, 6) is 0.731. The van der Waals surface area contributed by atoms with Crippen molar-refractivity contribution in [2.24, 2.45) is 0 Å². The molecule has 1 saturated heterocycles. The molecule has 2 N–H and O–H groups in total. The first-order valence-electron chi connectivity index (χ1n) is 8.19. The summed E-state index contributed by atoms with van der Waals surface area (Å²) in [7, 11) is 0. The Hall–Kier alpha value is -2.10. The molecule has 0 bridgehead atoms. The number of hydrogen-bond donors (Lipinski definition) is 2. The van der Waals surface area contributed by atoms with E-state index in [9.17, 15) is 0 Å². The Morgan fingerprint density at radius 3 is 2.52 bits per heavy atom. The first-order chi connectivity index (χ1) is 11.4. The van der Waals surface area contributed by atoms with Crippen LogP contribution < -0.4 is 5.32 Å². The van der Waals surface area contributed by atoms with Crippen molar-refractivity contribution in [3.63, 3.8) is 0 Å². The maximum Gasteiger partial charge on any atom is 0.0937 e. The van der Waals surface area contributed by atoms with Gasteiger partial charge in [-0.2, -0.15) is 0 Å². The van der Waals surface area contributed by atoms with Crippen LogP contribution in [0.3, 0.4) is 0 Å². The van der Waals surface area contributed by atoms with Gasteiger partial charge in [0.15, 0.2) is 0 Å². The van der Waals surface area contributed by atoms with Gasteiger partial charge < -0.3 is 14.8 Å². The van der Waals surface area contributed by atoms with E-state index in [0.717, 1.165) is 30.0 Å². The fourth-order valence-electron chi connectivity index (χ4n) is 3.09. The Kier molecular flexibility index (Phi) is 5.46. The third-order valence-electron chi connectivity index (χ3n) is 4.40. The largest absolute Gasteiger partial charge is 0.472 e. The number of rotatable bonds is 2. The lowest BCUT2D eigenvalue weighted by atomic mass is 9.92. The summed E-state index contributed by atoms with van der Waals surface area (Å²) in [6.07, 6.45) is 6.13. The molecule has 3 heteroatoms. The molecule has 1 fully saturated rings. The maximum atomic E-state index is 9.04. The van der Waals surface area contributed by atoms with Gasteiger partial charge in [-0.25, -0.2) is 0 Å². The average molecular weight is 309 g/mol. The lowest BCUT2D eigenvalue weighted by molar-refractivity contribution is 0.283. The summed E-state index contributed by atoms with van der Waals surface area (Å²) in [5, 5.41) is 14.7. The topological polar surface area (TPSA) is 45.4 Å². The molecule has 2 heterocycles. The summed E-state index contributed by atoms with van der Waals surface area (Å²) in [5.41, 5.74) is 2.36. The van der Waals surface area contributed by atoms with E-state index in [1.807, 2.05) is 36.6 Å². The fourth-order valence-corrected chi connectivity index (χ4v) is 3.09. The Labute approximate surface area is 136 Å². The quantitative estimate of drug-likeness (QED) is 0.750. The second-order valence-corrected chi connectivity index (χ2v) is 5.88. The summed E-state index contributed by atoms with van der Waals surface area (Å²) in [4.78, 5) is 0. The van der Waals surface area contributed by atoms with Crippen molar-refractivity contribution in [3.8, 4) is 0 Å². The van der Waals surface area contributed by atoms with Gasteiger partial charge in [-0.3, -0.25) is 0 Å². The van der Waals surface area contributed by atoms with Crippen molar-refractivity contribution in [1.29, 1.82) is 0 Å². The van der Waals surface area contributed by atoms with Gasteiger partial charge in [0.2, 0.25) is 0 Å². The highest BCUT2D eigenvalue weighted by atomic mass is 16.3. The molecule has 4 rings (SSSR count). The molecule has 3 nitrogen and oxygen atoms in total. The van der Waals surface area contributed by atoms with Crippen LogP contribution in [0.15, 0.2) is 65.5 Å². The van der Waals surface area contributed by atoms with Crippen molar-refractivity contribution in [3.05, 3.63) is 72.2 Å². The molecule has 0 spiro atoms. The maximum absolute atomic E-state index is 9.04. The molecule has 0 unspecified atom stereocenters. The smallest absolute Gasteiger partial charge is 0.0937 e. The number of nitrogens with one attached hydrogen (secondary N) is 1. The van der Waals surface area contributed by atoms with Crippen LogP contribution in [0.25, 0.3) is 10.8 Å². The Morgan fingerprint density at radius 1 is 1.00 bits per heavy atom. The highest BCUT2D eigenvalue weighted by Gasteiger charge is 2.15. The zero-order valence-electron chi connectivity index (χ0n) is 13.2. The minimum absolute atomic E-state index is 0.112. The van der Waals surface area contributed by atoms with Crippen molar-refractivity contribution in [2.75, 3.05) is 13.1 Å². The van der Waals surface area contributed by atoms with Gasteiger partial charge in [0.1, 0.15) is 0 Å². The average Bonchev–Trinajstić information content (AvgIpc) is 3.17. The van der Waals surface area contributed by atoms with E-state index in [2.05, 4.69) is 23.5 Å². The van der Waals surface area contributed by atoms with Crippen LogP contribution >= 0.6 is 0 Å². The van der Waals surface area contributed by atoms with Crippen LogP contribution in [-0.2, 0) is 6.61 Å². The van der Waals surface area contributed by atoms with E-state index in [1.54, 1.807) is 6.26 Å². The number of aliphatic hydroxyl groups is 1. The van der Waals surface area contributed by atoms with Crippen LogP contribution in [-0.4, -0.2) is 18.2 Å². The molecule has 0 aliphatic carbocycles. The minimum Gasteiger partial charge on any atom is -0.472 e. The summed E-state index contributed by atoms with van der Waals surface area (Å²) in [6.45, 7) is 2.41. The number of fused-ring (bicyclic) bond motifs is 1. The van der Waals surface area contributed by atoms with Crippen molar-refractivity contribution >= 4 is 10.8 Å². The molecule has 23 heavy (non-hydrogen) atoms. The molecule has 3 aromatic rings. The lowest BCUT2D eigenvalue weighted by Crippen LogP contribution is -2.26. The zero-order chi connectivity index (χ0) is 15.9. The number of furan rings is 1. The van der Waals surface area contributed by atoms with Gasteiger partial charge in [-0.1, -0.05) is 42.5 Å². The first kappa shape index (κ1) is 15.8. The molecule has 0 radical (unpaired) electrons. The normalized spacial score (nSPS) is 15.2. The van der Waals surface area contributed by atoms with Gasteiger partial charge >= 0.3 is 0 Å². The van der Waals surface area contributed by atoms with E-state index in [-0.39, 0.29) is 6.61 Å². The molecule has 120 valence electrons. The molecule has 0 saturated carbocycles. The van der Waals surface area contributed by atoms with Crippen LogP contribution in [0.5, 0.6) is 0 Å². The molecule has 1 aromatic heterocycles. The Balaban J connectivity index is 0.000000136. The van der Waals surface area contributed by atoms with Gasteiger partial charge in [0.25, 0.3) is 0 Å². The number of aliphatic hydroxyl groups excluding tert-OH is 1. The second kappa shape index (κ2) is 7.95. The molecule has 1 aliphatic rings. The number of hydrogen-bond acceptors (Lipinski definition) is 3. The molecule has 0 amide bonds. The molecular formula is C20H23NO2. The zero-order valence-corrected chi connectivity index (χ0v) is 13.2. The second-order valence-electron chi connectivity index (χ2n) is 5.88. The van der Waals surface area contributed by atoms with Crippen LogP contribution in [0, 0.1) is 0 Å². The van der Waals surface area contributed by atoms with E-state index in [4.69, 9.17) is 9.52 Å². The summed E-state index contributed by atoms with van der Waals surface area (Å²) in [6, 6.07) is 16.1. The molecule has 2 aromatic carbocycles. The molecular weight excluding hydrogens is 286 g/mol. The van der Waals surface area contributed by atoms with Gasteiger partial charge in [0.05, 0.1) is 19.1 Å². The fraction of sp³-hybridized carbons (Fsp3) is 0.300. The van der Waals surface area contributed by atoms with E-state index in [0.29, 0.717) is 0 Å². The van der Waals surface area contributed by atoms with Crippen molar-refractivity contribution in [2.45, 2.75) is 25.4 Å². The first-order valence-corrected chi connectivity index (χ1v) is 8.19. The Bertz CT molecular complexity index is 710. The lowest BCUT2D eigenvalue weighted by Gasteiger charge is -2.20. The SMILES string of the molecule is OCc1cccc2ccccc12.c1cc(C2CCNCC2)co1. The third-order valence-corrected chi connectivity index (χ3v) is 4.40. The van der Waals surface area contributed by atoms with E-state index < -0.39 is 0 Å². The van der Waals surface area contributed by atoms with E-state index in [1.165, 1.54) is 23.8 Å². The Morgan fingerprint density at radius 2 is 1.78 bits per heavy atom. The van der Waals surface area contributed by atoms with Gasteiger partial charge in [-0.15, -0.1) is 0 Å². The summed E-state index contributed by atoms with van der Waals surface area (Å²) >= 11 is 0. The number of benzene rings is 2. The highest BCUT2D eigenvalue weighted by Crippen LogP contribution is 2.24. The summed E-state index contributed by atoms with van der Waals surface area (Å²) < 4.78 is 5.05. The molecule has 0 atom stereocenters. The van der Waals surface area contributed by atoms with Crippen LogP contribution in [0.4, 0.5) is 0 Å². The highest BCUT2D eigenvalue weighted by molar-refractivity contribution is 5.85. The molecule has 1 aliphatic heterocycles. The number of piperidine rings is 1. The predicted octanol–water partition coefficient (Wildman–Crippen LogP) is 4.08. The van der Waals surface area contributed by atoms with Crippen molar-refractivity contribution < 1.29 is 9.52 Å².